The Morgan fingerprint density at radius 1 is 1.15 bits per heavy atom. The second kappa shape index (κ2) is 9.36. The highest BCUT2D eigenvalue weighted by Gasteiger charge is 2.19. The van der Waals surface area contributed by atoms with Crippen LogP contribution in [0.1, 0.15) is 15.9 Å². The third kappa shape index (κ3) is 4.11. The number of anilines is 1. The Labute approximate surface area is 198 Å². The summed E-state index contributed by atoms with van der Waals surface area (Å²) in [6, 6.07) is 14.6. The average molecular weight is 477 g/mol. The molecule has 8 nitrogen and oxygen atoms in total. The summed E-state index contributed by atoms with van der Waals surface area (Å²) in [5.74, 6) is 0.967. The summed E-state index contributed by atoms with van der Waals surface area (Å²) < 4.78 is 15.0. The van der Waals surface area contributed by atoms with Gasteiger partial charge < -0.3 is 26.0 Å². The molecule has 0 atom stereocenters. The van der Waals surface area contributed by atoms with E-state index in [0.29, 0.717) is 46.3 Å². The fourth-order valence-corrected chi connectivity index (χ4v) is 4.13. The van der Waals surface area contributed by atoms with Gasteiger partial charge in [-0.1, -0.05) is 36.4 Å². The fraction of sp³-hybridized carbons (Fsp3) is 0.0833. The standard InChI is InChI=1S/C24H21FN6O2S/c25-34-21-14-30-31-22(11-15(12-29-23(21)31)16-5-2-4-8-20(16)32)26-9-10-27-24(33)18-13-28-19-7-3-1-6-17(18)19/h1-8,11-14,26,28-29,32H,9-10H2,(H,27,33). The van der Waals surface area contributed by atoms with Crippen LogP contribution in [0.25, 0.3) is 22.3 Å². The van der Waals surface area contributed by atoms with Crippen molar-refractivity contribution in [3.63, 3.8) is 0 Å². The van der Waals surface area contributed by atoms with E-state index in [2.05, 4.69) is 26.0 Å². The van der Waals surface area contributed by atoms with E-state index in [1.165, 1.54) is 6.20 Å². The van der Waals surface area contributed by atoms with Gasteiger partial charge in [-0.15, -0.1) is 0 Å². The summed E-state index contributed by atoms with van der Waals surface area (Å²) >= 11 is 0.0937. The summed E-state index contributed by atoms with van der Waals surface area (Å²) in [6.07, 6.45) is 6.62. The van der Waals surface area contributed by atoms with Gasteiger partial charge in [0.15, 0.2) is 5.82 Å². The number of halogens is 1. The van der Waals surface area contributed by atoms with Crippen LogP contribution in [-0.4, -0.2) is 38.9 Å². The topological polar surface area (TPSA) is 107 Å². The zero-order valence-electron chi connectivity index (χ0n) is 17.9. The molecule has 2 aromatic heterocycles. The van der Waals surface area contributed by atoms with Crippen molar-refractivity contribution in [1.29, 1.82) is 0 Å². The molecule has 2 aromatic carbocycles. The van der Waals surface area contributed by atoms with Crippen LogP contribution in [0.2, 0.25) is 0 Å². The lowest BCUT2D eigenvalue weighted by Gasteiger charge is -2.13. The minimum atomic E-state index is -0.179. The van der Waals surface area contributed by atoms with E-state index < -0.39 is 0 Å². The normalized spacial score (nSPS) is 12.9. The first kappa shape index (κ1) is 21.7. The van der Waals surface area contributed by atoms with E-state index >= 15 is 0 Å². The minimum Gasteiger partial charge on any atom is -0.507 e. The molecule has 1 amide bonds. The van der Waals surface area contributed by atoms with Gasteiger partial charge in [-0.05, 0) is 18.2 Å². The first-order valence-electron chi connectivity index (χ1n) is 10.6. The van der Waals surface area contributed by atoms with Crippen molar-refractivity contribution in [2.75, 3.05) is 18.4 Å². The maximum atomic E-state index is 13.4. The molecule has 0 spiro atoms. The molecule has 0 bridgehead atoms. The van der Waals surface area contributed by atoms with Crippen molar-refractivity contribution >= 4 is 46.2 Å². The van der Waals surface area contributed by atoms with E-state index in [-0.39, 0.29) is 23.8 Å². The van der Waals surface area contributed by atoms with Gasteiger partial charge in [0.1, 0.15) is 16.5 Å². The molecular weight excluding hydrogens is 455 g/mol. The number of phenols is 1. The first-order valence-corrected chi connectivity index (χ1v) is 11.3. The molecule has 34 heavy (non-hydrogen) atoms. The summed E-state index contributed by atoms with van der Waals surface area (Å²) in [5, 5.41) is 24.7. The van der Waals surface area contributed by atoms with Gasteiger partial charge in [-0.2, -0.15) is 8.98 Å². The highest BCUT2D eigenvalue weighted by molar-refractivity contribution is 7.94. The molecule has 5 rings (SSSR count). The van der Waals surface area contributed by atoms with Gasteiger partial charge >= 0.3 is 0 Å². The number of rotatable bonds is 7. The minimum absolute atomic E-state index is 0.0937. The smallest absolute Gasteiger partial charge is 0.253 e. The molecule has 0 aliphatic carbocycles. The molecule has 5 N–H and O–H groups in total. The highest BCUT2D eigenvalue weighted by Crippen LogP contribution is 2.34. The van der Waals surface area contributed by atoms with Crippen LogP contribution in [0.3, 0.4) is 0 Å². The number of hydrogen-bond acceptors (Lipinski definition) is 6. The van der Waals surface area contributed by atoms with Crippen molar-refractivity contribution in [2.24, 2.45) is 0 Å². The Bertz CT molecular complexity index is 1420. The number of aromatic hydroxyl groups is 1. The fourth-order valence-electron chi connectivity index (χ4n) is 3.82. The molecular formula is C24H21FN6O2S. The van der Waals surface area contributed by atoms with Gasteiger partial charge in [0.25, 0.3) is 5.91 Å². The third-order valence-corrected chi connectivity index (χ3v) is 5.93. The van der Waals surface area contributed by atoms with E-state index in [0.717, 1.165) is 10.9 Å². The number of H-pyrrole nitrogens is 1. The van der Waals surface area contributed by atoms with Crippen LogP contribution in [0.15, 0.2) is 78.1 Å². The molecule has 1 aliphatic rings. The number of aromatic amines is 1. The second-order valence-electron chi connectivity index (χ2n) is 7.57. The lowest BCUT2D eigenvalue weighted by molar-refractivity contribution is 0.0956. The number of carbonyl (C=O) groups is 1. The SMILES string of the molecule is O=C(NCCNC1=CC(c2ccccc2O)=CNc2c(SF)cnn21)c1c[nH]c2ccccc12. The molecule has 0 saturated carbocycles. The Hall–Kier alpha value is -4.18. The molecule has 4 aromatic rings. The van der Waals surface area contributed by atoms with Gasteiger partial charge in [0, 0.05) is 47.5 Å². The predicted octanol–water partition coefficient (Wildman–Crippen LogP) is 4.33. The number of hydrogen-bond donors (Lipinski definition) is 5. The van der Waals surface area contributed by atoms with Crippen molar-refractivity contribution in [3.05, 3.63) is 84.3 Å². The van der Waals surface area contributed by atoms with Crippen molar-refractivity contribution in [2.45, 2.75) is 4.90 Å². The molecule has 172 valence electrons. The van der Waals surface area contributed by atoms with Crippen LogP contribution < -0.4 is 16.0 Å². The number of phenolic OH excluding ortho intramolecular Hbond substituents is 1. The maximum absolute atomic E-state index is 13.4. The van der Waals surface area contributed by atoms with Gasteiger partial charge in [-0.3, -0.25) is 4.79 Å². The number of fused-ring (bicyclic) bond motifs is 2. The Balaban J connectivity index is 1.32. The molecule has 0 saturated heterocycles. The molecule has 1 aliphatic heterocycles. The van der Waals surface area contributed by atoms with Crippen LogP contribution in [-0.2, 0) is 0 Å². The molecule has 0 unspecified atom stereocenters. The largest absolute Gasteiger partial charge is 0.507 e. The maximum Gasteiger partial charge on any atom is 0.253 e. The number of aromatic nitrogens is 3. The lowest BCUT2D eigenvalue weighted by atomic mass is 10.1. The quantitative estimate of drug-likeness (QED) is 0.254. The molecule has 3 heterocycles. The predicted molar refractivity (Wildman–Crippen MR) is 132 cm³/mol. The summed E-state index contributed by atoms with van der Waals surface area (Å²) in [4.78, 5) is 16.1. The van der Waals surface area contributed by atoms with Crippen molar-refractivity contribution < 1.29 is 13.8 Å². The Morgan fingerprint density at radius 3 is 2.82 bits per heavy atom. The highest BCUT2D eigenvalue weighted by atomic mass is 32.2. The third-order valence-electron chi connectivity index (χ3n) is 5.47. The number of benzene rings is 2. The Kier molecular flexibility index (Phi) is 5.96. The number of allylic oxidation sites excluding steroid dienone is 2. The zero-order chi connectivity index (χ0) is 23.5. The monoisotopic (exact) mass is 476 g/mol. The summed E-state index contributed by atoms with van der Waals surface area (Å²) in [7, 11) is 0. The van der Waals surface area contributed by atoms with Crippen LogP contribution in [0.5, 0.6) is 5.75 Å². The van der Waals surface area contributed by atoms with Gasteiger partial charge in [-0.25, -0.2) is 4.68 Å². The van der Waals surface area contributed by atoms with Gasteiger partial charge in [0.2, 0.25) is 0 Å². The first-order chi connectivity index (χ1) is 16.7. The van der Waals surface area contributed by atoms with E-state index in [4.69, 9.17) is 0 Å². The second-order valence-corrected chi connectivity index (χ2v) is 8.16. The van der Waals surface area contributed by atoms with E-state index in [1.54, 1.807) is 41.4 Å². The number of carbonyl (C=O) groups excluding carboxylic acids is 1. The van der Waals surface area contributed by atoms with Crippen LogP contribution in [0.4, 0.5) is 9.70 Å². The van der Waals surface area contributed by atoms with Crippen LogP contribution >= 0.6 is 12.1 Å². The van der Waals surface area contributed by atoms with Crippen LogP contribution in [0, 0.1) is 0 Å². The summed E-state index contributed by atoms with van der Waals surface area (Å²) in [6.45, 7) is 0.742. The Morgan fingerprint density at radius 2 is 1.97 bits per heavy atom. The number of nitrogens with zero attached hydrogens (tertiary/aromatic N) is 2. The van der Waals surface area contributed by atoms with E-state index in [1.807, 2.05) is 30.3 Å². The van der Waals surface area contributed by atoms with Crippen molar-refractivity contribution in [1.82, 2.24) is 25.4 Å². The molecule has 0 fully saturated rings. The van der Waals surface area contributed by atoms with Crippen molar-refractivity contribution in [3.8, 4) is 5.75 Å². The number of nitrogens with one attached hydrogen (secondary N) is 4. The lowest BCUT2D eigenvalue weighted by Crippen LogP contribution is -2.32. The van der Waals surface area contributed by atoms with E-state index in [9.17, 15) is 13.8 Å². The number of para-hydroxylation sites is 2. The average Bonchev–Trinajstić information content (AvgIpc) is 3.43. The zero-order valence-corrected chi connectivity index (χ0v) is 18.7. The number of amides is 1. The molecule has 0 radical (unpaired) electrons. The van der Waals surface area contributed by atoms with Gasteiger partial charge in [0.05, 0.1) is 23.9 Å². The molecule has 10 heteroatoms. The summed E-state index contributed by atoms with van der Waals surface area (Å²) in [5.41, 5.74) is 2.78.